The molecule has 0 aliphatic heterocycles. The second-order valence-electron chi connectivity index (χ2n) is 2.84. The number of aromatic nitrogens is 1. The first kappa shape index (κ1) is 11.8. The average molecular weight is 221 g/mol. The molecular weight excluding hydrogens is 211 g/mol. The number of methoxy groups -OCH3 is 1. The Morgan fingerprint density at radius 1 is 1.33 bits per heavy atom. The van der Waals surface area contributed by atoms with Crippen LogP contribution in [-0.4, -0.2) is 24.9 Å². The topological polar surface area (TPSA) is 31.4 Å². The van der Waals surface area contributed by atoms with Crippen LogP contribution in [0, 0.1) is 0 Å². The second kappa shape index (κ2) is 4.97. The lowest BCUT2D eigenvalue weighted by molar-refractivity contribution is -0.154. The smallest absolute Gasteiger partial charge is 0.422 e. The third-order valence-electron chi connectivity index (χ3n) is 1.49. The zero-order valence-electron chi connectivity index (χ0n) is 8.04. The Hall–Kier alpha value is -1.30. The lowest BCUT2D eigenvalue weighted by atomic mass is 10.3. The highest BCUT2D eigenvalue weighted by Crippen LogP contribution is 2.17. The Labute approximate surface area is 84.8 Å². The molecule has 1 aromatic rings. The largest absolute Gasteiger partial charge is 0.468 e. The molecule has 84 valence electrons. The molecule has 0 aliphatic carbocycles. The predicted octanol–water partition coefficient (Wildman–Crippen LogP) is 2.17. The van der Waals surface area contributed by atoms with Crippen LogP contribution in [0.5, 0.6) is 5.88 Å². The Kier molecular flexibility index (Phi) is 3.90. The van der Waals surface area contributed by atoms with Gasteiger partial charge >= 0.3 is 6.18 Å². The maximum absolute atomic E-state index is 11.8. The van der Waals surface area contributed by atoms with Crippen LogP contribution in [-0.2, 0) is 11.3 Å². The SMILES string of the molecule is COCc1ccc(OCC(F)(F)F)nc1. The van der Waals surface area contributed by atoms with Crippen LogP contribution in [0.25, 0.3) is 0 Å². The second-order valence-corrected chi connectivity index (χ2v) is 2.84. The monoisotopic (exact) mass is 221 g/mol. The summed E-state index contributed by atoms with van der Waals surface area (Å²) < 4.78 is 44.6. The first-order chi connectivity index (χ1) is 7.01. The van der Waals surface area contributed by atoms with Crippen LogP contribution < -0.4 is 4.74 Å². The summed E-state index contributed by atoms with van der Waals surface area (Å²) in [7, 11) is 1.52. The van der Waals surface area contributed by atoms with E-state index in [1.165, 1.54) is 19.4 Å². The molecule has 6 heteroatoms. The molecule has 0 unspecified atom stereocenters. The fourth-order valence-corrected chi connectivity index (χ4v) is 0.904. The number of rotatable bonds is 4. The molecule has 0 N–H and O–H groups in total. The van der Waals surface area contributed by atoms with Crippen molar-refractivity contribution in [1.82, 2.24) is 4.98 Å². The summed E-state index contributed by atoms with van der Waals surface area (Å²) in [5.41, 5.74) is 0.775. The van der Waals surface area contributed by atoms with Crippen LogP contribution in [0.4, 0.5) is 13.2 Å². The summed E-state index contributed by atoms with van der Waals surface area (Å²) in [4.78, 5) is 3.70. The van der Waals surface area contributed by atoms with Crippen molar-refractivity contribution in [2.45, 2.75) is 12.8 Å². The molecule has 0 atom stereocenters. The zero-order chi connectivity index (χ0) is 11.3. The molecule has 0 saturated carbocycles. The normalized spacial score (nSPS) is 11.5. The Morgan fingerprint density at radius 2 is 2.07 bits per heavy atom. The molecule has 0 spiro atoms. The van der Waals surface area contributed by atoms with Gasteiger partial charge in [-0.1, -0.05) is 0 Å². The van der Waals surface area contributed by atoms with Crippen LogP contribution in [0.1, 0.15) is 5.56 Å². The molecule has 1 heterocycles. The van der Waals surface area contributed by atoms with Crippen molar-refractivity contribution in [1.29, 1.82) is 0 Å². The third kappa shape index (κ3) is 4.64. The standard InChI is InChI=1S/C9H10F3NO2/c1-14-5-7-2-3-8(13-4-7)15-6-9(10,11)12/h2-4H,5-6H2,1H3. The van der Waals surface area contributed by atoms with Gasteiger partial charge in [-0.3, -0.25) is 0 Å². The molecule has 0 bridgehead atoms. The summed E-state index contributed by atoms with van der Waals surface area (Å²) in [5.74, 6) is -0.0489. The minimum absolute atomic E-state index is 0.0489. The van der Waals surface area contributed by atoms with Crippen molar-refractivity contribution in [3.8, 4) is 5.88 Å². The maximum Gasteiger partial charge on any atom is 0.422 e. The van der Waals surface area contributed by atoms with Crippen molar-refractivity contribution in [3.05, 3.63) is 23.9 Å². The van der Waals surface area contributed by atoms with E-state index in [-0.39, 0.29) is 5.88 Å². The Balaban J connectivity index is 2.50. The van der Waals surface area contributed by atoms with Gasteiger partial charge in [0.25, 0.3) is 0 Å². The summed E-state index contributed by atoms with van der Waals surface area (Å²) in [6.07, 6.45) is -2.93. The van der Waals surface area contributed by atoms with Gasteiger partial charge in [0.05, 0.1) is 6.61 Å². The number of hydrogen-bond acceptors (Lipinski definition) is 3. The van der Waals surface area contributed by atoms with Crippen LogP contribution in [0.15, 0.2) is 18.3 Å². The van der Waals surface area contributed by atoms with Gasteiger partial charge in [-0.25, -0.2) is 4.98 Å². The summed E-state index contributed by atoms with van der Waals surface area (Å²) in [6.45, 7) is -0.962. The van der Waals surface area contributed by atoms with Crippen molar-refractivity contribution >= 4 is 0 Å². The van der Waals surface area contributed by atoms with E-state index in [2.05, 4.69) is 9.72 Å². The molecule has 0 radical (unpaired) electrons. The highest BCUT2D eigenvalue weighted by molar-refractivity contribution is 5.17. The minimum atomic E-state index is -4.34. The molecule has 0 fully saturated rings. The van der Waals surface area contributed by atoms with Crippen LogP contribution in [0.2, 0.25) is 0 Å². The summed E-state index contributed by atoms with van der Waals surface area (Å²) in [5, 5.41) is 0. The number of alkyl halides is 3. The number of ether oxygens (including phenoxy) is 2. The number of hydrogen-bond donors (Lipinski definition) is 0. The lowest BCUT2D eigenvalue weighted by Crippen LogP contribution is -2.19. The van der Waals surface area contributed by atoms with E-state index >= 15 is 0 Å². The Bertz CT molecular complexity index is 297. The first-order valence-corrected chi connectivity index (χ1v) is 4.14. The van der Waals surface area contributed by atoms with Crippen LogP contribution >= 0.6 is 0 Å². The molecular formula is C9H10F3NO2. The molecule has 3 nitrogen and oxygen atoms in total. The van der Waals surface area contributed by atoms with E-state index in [0.717, 1.165) is 5.56 Å². The van der Waals surface area contributed by atoms with Gasteiger partial charge in [0, 0.05) is 19.4 Å². The molecule has 0 aromatic carbocycles. The van der Waals surface area contributed by atoms with Gasteiger partial charge in [0.1, 0.15) is 0 Å². The number of pyridine rings is 1. The molecule has 15 heavy (non-hydrogen) atoms. The molecule has 1 aromatic heterocycles. The van der Waals surface area contributed by atoms with Crippen LogP contribution in [0.3, 0.4) is 0 Å². The molecule has 0 amide bonds. The quantitative estimate of drug-likeness (QED) is 0.780. The molecule has 1 rings (SSSR count). The highest BCUT2D eigenvalue weighted by Gasteiger charge is 2.28. The van der Waals surface area contributed by atoms with E-state index in [9.17, 15) is 13.2 Å². The van der Waals surface area contributed by atoms with Gasteiger partial charge in [-0.05, 0) is 11.6 Å². The minimum Gasteiger partial charge on any atom is -0.468 e. The predicted molar refractivity (Wildman–Crippen MR) is 46.5 cm³/mol. The van der Waals surface area contributed by atoms with Crippen molar-refractivity contribution < 1.29 is 22.6 Å². The van der Waals surface area contributed by atoms with E-state index in [4.69, 9.17) is 4.74 Å². The van der Waals surface area contributed by atoms with E-state index in [1.807, 2.05) is 0 Å². The average Bonchev–Trinajstić information content (AvgIpc) is 2.16. The van der Waals surface area contributed by atoms with Crippen molar-refractivity contribution in [2.75, 3.05) is 13.7 Å². The maximum atomic E-state index is 11.8. The summed E-state index contributed by atoms with van der Waals surface area (Å²) in [6, 6.07) is 2.97. The van der Waals surface area contributed by atoms with Crippen molar-refractivity contribution in [2.24, 2.45) is 0 Å². The number of nitrogens with zero attached hydrogens (tertiary/aromatic N) is 1. The fourth-order valence-electron chi connectivity index (χ4n) is 0.904. The van der Waals surface area contributed by atoms with Gasteiger partial charge in [0.15, 0.2) is 6.61 Å². The van der Waals surface area contributed by atoms with Gasteiger partial charge < -0.3 is 9.47 Å². The van der Waals surface area contributed by atoms with Crippen molar-refractivity contribution in [3.63, 3.8) is 0 Å². The lowest BCUT2D eigenvalue weighted by Gasteiger charge is -2.08. The number of halogens is 3. The van der Waals surface area contributed by atoms with Gasteiger partial charge in [-0.15, -0.1) is 0 Å². The van der Waals surface area contributed by atoms with Gasteiger partial charge in [0.2, 0.25) is 5.88 Å². The van der Waals surface area contributed by atoms with E-state index < -0.39 is 12.8 Å². The highest BCUT2D eigenvalue weighted by atomic mass is 19.4. The molecule has 0 saturated heterocycles. The Morgan fingerprint density at radius 3 is 2.53 bits per heavy atom. The van der Waals surface area contributed by atoms with E-state index in [0.29, 0.717) is 6.61 Å². The van der Waals surface area contributed by atoms with E-state index in [1.54, 1.807) is 6.07 Å². The zero-order valence-corrected chi connectivity index (χ0v) is 8.04. The first-order valence-electron chi connectivity index (χ1n) is 4.14. The molecule has 0 aliphatic rings. The fraction of sp³-hybridized carbons (Fsp3) is 0.444. The summed E-state index contributed by atoms with van der Waals surface area (Å²) >= 11 is 0. The van der Waals surface area contributed by atoms with Gasteiger partial charge in [-0.2, -0.15) is 13.2 Å². The third-order valence-corrected chi connectivity index (χ3v) is 1.49.